The highest BCUT2D eigenvalue weighted by molar-refractivity contribution is 5.15. The first-order valence-electron chi connectivity index (χ1n) is 6.41. The molecule has 0 aromatic carbocycles. The van der Waals surface area contributed by atoms with Gasteiger partial charge in [0.15, 0.2) is 0 Å². The molecule has 1 N–H and O–H groups in total. The predicted octanol–water partition coefficient (Wildman–Crippen LogP) is 2.10. The van der Waals surface area contributed by atoms with Gasteiger partial charge in [-0.3, -0.25) is 9.67 Å². The third kappa shape index (κ3) is 3.40. The average molecular weight is 244 g/mol. The molecule has 18 heavy (non-hydrogen) atoms. The number of nitrogens with one attached hydrogen (secondary N) is 1. The van der Waals surface area contributed by atoms with E-state index < -0.39 is 0 Å². The van der Waals surface area contributed by atoms with Crippen molar-refractivity contribution in [3.05, 3.63) is 48.0 Å². The van der Waals surface area contributed by atoms with Crippen molar-refractivity contribution in [2.75, 3.05) is 6.54 Å². The molecule has 4 heteroatoms. The Morgan fingerprint density at radius 3 is 2.89 bits per heavy atom. The van der Waals surface area contributed by atoms with Crippen LogP contribution in [0.15, 0.2) is 36.8 Å². The summed E-state index contributed by atoms with van der Waals surface area (Å²) in [6.45, 7) is 3.17. The molecule has 96 valence electrons. The highest BCUT2D eigenvalue weighted by atomic mass is 15.3. The first-order chi connectivity index (χ1) is 8.79. The van der Waals surface area contributed by atoms with E-state index in [1.165, 1.54) is 5.56 Å². The van der Waals surface area contributed by atoms with Crippen molar-refractivity contribution in [3.63, 3.8) is 0 Å². The fraction of sp³-hybridized carbons (Fsp3) is 0.429. The van der Waals surface area contributed by atoms with Crippen LogP contribution in [-0.4, -0.2) is 21.3 Å². The lowest BCUT2D eigenvalue weighted by Crippen LogP contribution is -2.24. The standard InChI is InChI=1S/C14H20N4/c1-3-7-16-14(13-6-9-18(2)17-13)10-12-5-4-8-15-11-12/h4-6,8-9,11,14,16H,3,7,10H2,1-2H3. The first kappa shape index (κ1) is 12.8. The van der Waals surface area contributed by atoms with Crippen molar-refractivity contribution < 1.29 is 0 Å². The number of hydrogen-bond acceptors (Lipinski definition) is 3. The van der Waals surface area contributed by atoms with E-state index in [-0.39, 0.29) is 6.04 Å². The summed E-state index contributed by atoms with van der Waals surface area (Å²) in [4.78, 5) is 4.16. The van der Waals surface area contributed by atoms with E-state index in [4.69, 9.17) is 0 Å². The van der Waals surface area contributed by atoms with E-state index in [2.05, 4.69) is 34.5 Å². The van der Waals surface area contributed by atoms with Gasteiger partial charge < -0.3 is 5.32 Å². The Hall–Kier alpha value is -1.68. The third-order valence-electron chi connectivity index (χ3n) is 2.89. The van der Waals surface area contributed by atoms with E-state index in [1.807, 2.05) is 30.2 Å². The van der Waals surface area contributed by atoms with Gasteiger partial charge in [-0.15, -0.1) is 0 Å². The van der Waals surface area contributed by atoms with Gasteiger partial charge in [-0.1, -0.05) is 13.0 Å². The van der Waals surface area contributed by atoms with Crippen LogP contribution in [0.2, 0.25) is 0 Å². The van der Waals surface area contributed by atoms with E-state index in [0.29, 0.717) is 0 Å². The summed E-state index contributed by atoms with van der Waals surface area (Å²) in [6, 6.07) is 6.42. The van der Waals surface area contributed by atoms with Crippen LogP contribution in [0.25, 0.3) is 0 Å². The summed E-state index contributed by atoms with van der Waals surface area (Å²) in [5, 5.41) is 8.04. The molecule has 0 radical (unpaired) electrons. The zero-order chi connectivity index (χ0) is 12.8. The summed E-state index contributed by atoms with van der Waals surface area (Å²) >= 11 is 0. The Morgan fingerprint density at radius 2 is 2.28 bits per heavy atom. The average Bonchev–Trinajstić information content (AvgIpc) is 2.82. The number of rotatable bonds is 6. The minimum absolute atomic E-state index is 0.260. The summed E-state index contributed by atoms with van der Waals surface area (Å²) in [6.07, 6.45) is 7.75. The van der Waals surface area contributed by atoms with Gasteiger partial charge in [0, 0.05) is 25.6 Å². The molecule has 2 aromatic heterocycles. The fourth-order valence-corrected chi connectivity index (χ4v) is 1.97. The molecule has 4 nitrogen and oxygen atoms in total. The maximum Gasteiger partial charge on any atom is 0.0797 e. The Kier molecular flexibility index (Phi) is 4.47. The molecule has 1 unspecified atom stereocenters. The largest absolute Gasteiger partial charge is 0.308 e. The first-order valence-corrected chi connectivity index (χ1v) is 6.41. The minimum atomic E-state index is 0.260. The second-order valence-corrected chi connectivity index (χ2v) is 4.49. The molecule has 0 amide bonds. The Bertz CT molecular complexity index is 464. The smallest absolute Gasteiger partial charge is 0.0797 e. The van der Waals surface area contributed by atoms with Crippen LogP contribution in [-0.2, 0) is 13.5 Å². The van der Waals surface area contributed by atoms with E-state index in [0.717, 1.165) is 25.1 Å². The molecule has 0 aliphatic carbocycles. The van der Waals surface area contributed by atoms with Crippen LogP contribution >= 0.6 is 0 Å². The molecule has 2 aromatic rings. The van der Waals surface area contributed by atoms with Crippen LogP contribution in [0, 0.1) is 0 Å². The van der Waals surface area contributed by atoms with Crippen molar-refractivity contribution in [1.29, 1.82) is 0 Å². The molecule has 1 atom stereocenters. The number of pyridine rings is 1. The number of hydrogen-bond donors (Lipinski definition) is 1. The summed E-state index contributed by atoms with van der Waals surface area (Å²) in [7, 11) is 1.95. The van der Waals surface area contributed by atoms with E-state index in [9.17, 15) is 0 Å². The lowest BCUT2D eigenvalue weighted by Gasteiger charge is -2.16. The normalized spacial score (nSPS) is 12.6. The number of aryl methyl sites for hydroxylation is 1. The molecule has 2 rings (SSSR count). The van der Waals surface area contributed by atoms with Crippen LogP contribution < -0.4 is 5.32 Å². The van der Waals surface area contributed by atoms with Crippen molar-refractivity contribution >= 4 is 0 Å². The Balaban J connectivity index is 2.10. The molecular formula is C14H20N4. The molecule has 0 saturated heterocycles. The molecule has 0 bridgehead atoms. The van der Waals surface area contributed by atoms with Crippen LogP contribution in [0.1, 0.15) is 30.6 Å². The van der Waals surface area contributed by atoms with Gasteiger partial charge in [-0.05, 0) is 37.1 Å². The van der Waals surface area contributed by atoms with Crippen molar-refractivity contribution in [2.45, 2.75) is 25.8 Å². The molecule has 0 aliphatic rings. The number of nitrogens with zero attached hydrogens (tertiary/aromatic N) is 3. The molecular weight excluding hydrogens is 224 g/mol. The number of aromatic nitrogens is 3. The second kappa shape index (κ2) is 6.31. The summed E-state index contributed by atoms with van der Waals surface area (Å²) in [5.74, 6) is 0. The van der Waals surface area contributed by atoms with Crippen LogP contribution in [0.4, 0.5) is 0 Å². The zero-order valence-electron chi connectivity index (χ0n) is 11.0. The van der Waals surface area contributed by atoms with Gasteiger partial charge in [0.05, 0.1) is 11.7 Å². The van der Waals surface area contributed by atoms with E-state index in [1.54, 1.807) is 6.20 Å². The Labute approximate surface area is 108 Å². The second-order valence-electron chi connectivity index (χ2n) is 4.49. The van der Waals surface area contributed by atoms with Gasteiger partial charge >= 0.3 is 0 Å². The monoisotopic (exact) mass is 244 g/mol. The van der Waals surface area contributed by atoms with Crippen molar-refractivity contribution in [1.82, 2.24) is 20.1 Å². The SMILES string of the molecule is CCCNC(Cc1cccnc1)c1ccn(C)n1. The fourth-order valence-electron chi connectivity index (χ4n) is 1.97. The van der Waals surface area contributed by atoms with Gasteiger partial charge in [0.1, 0.15) is 0 Å². The molecule has 0 saturated carbocycles. The third-order valence-corrected chi connectivity index (χ3v) is 2.89. The van der Waals surface area contributed by atoms with Crippen LogP contribution in [0.3, 0.4) is 0 Å². The lowest BCUT2D eigenvalue weighted by molar-refractivity contribution is 0.510. The molecule has 0 aliphatic heterocycles. The predicted molar refractivity (Wildman–Crippen MR) is 72.2 cm³/mol. The highest BCUT2D eigenvalue weighted by Crippen LogP contribution is 2.16. The summed E-state index contributed by atoms with van der Waals surface area (Å²) < 4.78 is 1.85. The minimum Gasteiger partial charge on any atom is -0.308 e. The van der Waals surface area contributed by atoms with Gasteiger partial charge in [-0.25, -0.2) is 0 Å². The van der Waals surface area contributed by atoms with Gasteiger partial charge in [0.2, 0.25) is 0 Å². The van der Waals surface area contributed by atoms with Crippen LogP contribution in [0.5, 0.6) is 0 Å². The summed E-state index contributed by atoms with van der Waals surface area (Å²) in [5.41, 5.74) is 2.33. The van der Waals surface area contributed by atoms with Gasteiger partial charge in [-0.2, -0.15) is 5.10 Å². The zero-order valence-corrected chi connectivity index (χ0v) is 11.0. The maximum absolute atomic E-state index is 4.49. The molecule has 0 fully saturated rings. The van der Waals surface area contributed by atoms with Crippen molar-refractivity contribution in [3.8, 4) is 0 Å². The highest BCUT2D eigenvalue weighted by Gasteiger charge is 2.14. The molecule has 0 spiro atoms. The maximum atomic E-state index is 4.49. The van der Waals surface area contributed by atoms with Gasteiger partial charge in [0.25, 0.3) is 0 Å². The Morgan fingerprint density at radius 1 is 1.39 bits per heavy atom. The van der Waals surface area contributed by atoms with E-state index >= 15 is 0 Å². The lowest BCUT2D eigenvalue weighted by atomic mass is 10.0. The quantitative estimate of drug-likeness (QED) is 0.846. The van der Waals surface area contributed by atoms with Crippen molar-refractivity contribution in [2.24, 2.45) is 7.05 Å². The topological polar surface area (TPSA) is 42.7 Å². The molecule has 2 heterocycles.